The fourth-order valence-electron chi connectivity index (χ4n) is 1.61. The van der Waals surface area contributed by atoms with Crippen LogP contribution in [0.2, 0.25) is 0 Å². The molecule has 0 aliphatic rings. The number of anilines is 2. The molecule has 96 valence electrons. The molecular weight excluding hydrogens is 228 g/mol. The van der Waals surface area contributed by atoms with Gasteiger partial charge in [0, 0.05) is 38.5 Å². The lowest BCUT2D eigenvalue weighted by molar-refractivity contribution is 0.637. The first-order valence-electron chi connectivity index (χ1n) is 6.09. The largest absolute Gasteiger partial charge is 0.373 e. The molecule has 6 nitrogen and oxygen atoms in total. The van der Waals surface area contributed by atoms with Gasteiger partial charge in [0.1, 0.15) is 17.5 Å². The number of rotatable bonds is 6. The van der Waals surface area contributed by atoms with Gasteiger partial charge in [-0.1, -0.05) is 6.92 Å². The number of nitrogens with zero attached hydrogens (tertiary/aromatic N) is 4. The highest BCUT2D eigenvalue weighted by molar-refractivity contribution is 5.47. The van der Waals surface area contributed by atoms with Gasteiger partial charge in [0.2, 0.25) is 0 Å². The van der Waals surface area contributed by atoms with Gasteiger partial charge in [-0.3, -0.25) is 4.68 Å². The molecule has 2 rings (SSSR count). The molecule has 0 aliphatic carbocycles. The molecule has 0 amide bonds. The van der Waals surface area contributed by atoms with Crippen molar-refractivity contribution in [3.63, 3.8) is 0 Å². The predicted molar refractivity (Wildman–Crippen MR) is 71.7 cm³/mol. The fraction of sp³-hybridized carbons (Fsp3) is 0.417. The fourth-order valence-corrected chi connectivity index (χ4v) is 1.61. The maximum atomic E-state index is 4.43. The molecule has 2 aromatic rings. The number of aromatic nitrogens is 4. The summed E-state index contributed by atoms with van der Waals surface area (Å²) in [6, 6.07) is 3.82. The second-order valence-corrected chi connectivity index (χ2v) is 3.85. The lowest BCUT2D eigenvalue weighted by Crippen LogP contribution is -2.13. The first kappa shape index (κ1) is 12.3. The van der Waals surface area contributed by atoms with Gasteiger partial charge >= 0.3 is 0 Å². The minimum atomic E-state index is 0.783. The lowest BCUT2D eigenvalue weighted by atomic mass is 10.4. The van der Waals surface area contributed by atoms with Gasteiger partial charge in [0.25, 0.3) is 0 Å². The number of hydrogen-bond acceptors (Lipinski definition) is 5. The van der Waals surface area contributed by atoms with E-state index in [2.05, 4.69) is 25.7 Å². The van der Waals surface area contributed by atoms with Gasteiger partial charge in [-0.15, -0.1) is 0 Å². The Kier molecular flexibility index (Phi) is 4.11. The van der Waals surface area contributed by atoms with Crippen LogP contribution in [-0.2, 0) is 13.0 Å². The van der Waals surface area contributed by atoms with E-state index >= 15 is 0 Å². The summed E-state index contributed by atoms with van der Waals surface area (Å²) >= 11 is 0. The van der Waals surface area contributed by atoms with Crippen LogP contribution in [-0.4, -0.2) is 33.3 Å². The number of aryl methyl sites for hydroxylation is 1. The van der Waals surface area contributed by atoms with Crippen LogP contribution in [0, 0.1) is 0 Å². The Labute approximate surface area is 106 Å². The summed E-state index contributed by atoms with van der Waals surface area (Å²) in [5.41, 5.74) is 0. The maximum absolute atomic E-state index is 4.43. The quantitative estimate of drug-likeness (QED) is 0.806. The number of nitrogens with one attached hydrogen (secondary N) is 2. The molecule has 0 aliphatic heterocycles. The van der Waals surface area contributed by atoms with Crippen LogP contribution in [0.4, 0.5) is 11.6 Å². The second kappa shape index (κ2) is 6.00. The van der Waals surface area contributed by atoms with Gasteiger partial charge < -0.3 is 10.6 Å². The summed E-state index contributed by atoms with van der Waals surface area (Å²) in [5.74, 6) is 2.52. The van der Waals surface area contributed by atoms with Crippen molar-refractivity contribution in [1.29, 1.82) is 0 Å². The molecule has 0 fully saturated rings. The molecule has 2 N–H and O–H groups in total. The van der Waals surface area contributed by atoms with Crippen molar-refractivity contribution in [1.82, 2.24) is 19.7 Å². The predicted octanol–water partition coefficient (Wildman–Crippen LogP) is 1.39. The number of hydrogen-bond donors (Lipinski definition) is 2. The molecule has 18 heavy (non-hydrogen) atoms. The summed E-state index contributed by atoms with van der Waals surface area (Å²) in [4.78, 5) is 8.78. The Morgan fingerprint density at radius 3 is 2.78 bits per heavy atom. The molecule has 0 saturated carbocycles. The van der Waals surface area contributed by atoms with E-state index in [4.69, 9.17) is 0 Å². The van der Waals surface area contributed by atoms with Crippen molar-refractivity contribution >= 4 is 11.6 Å². The second-order valence-electron chi connectivity index (χ2n) is 3.85. The molecule has 0 unspecified atom stereocenters. The van der Waals surface area contributed by atoms with Crippen molar-refractivity contribution in [3.05, 3.63) is 30.4 Å². The van der Waals surface area contributed by atoms with E-state index in [1.54, 1.807) is 6.20 Å². The zero-order valence-corrected chi connectivity index (χ0v) is 10.7. The van der Waals surface area contributed by atoms with E-state index < -0.39 is 0 Å². The average molecular weight is 246 g/mol. The topological polar surface area (TPSA) is 67.7 Å². The van der Waals surface area contributed by atoms with Crippen LogP contribution >= 0.6 is 0 Å². The maximum Gasteiger partial charge on any atom is 0.132 e. The highest BCUT2D eigenvalue weighted by Crippen LogP contribution is 2.10. The van der Waals surface area contributed by atoms with Crippen LogP contribution in [0.15, 0.2) is 24.5 Å². The van der Waals surface area contributed by atoms with E-state index in [0.29, 0.717) is 0 Å². The molecule has 0 aromatic carbocycles. The third-order valence-corrected chi connectivity index (χ3v) is 2.55. The van der Waals surface area contributed by atoms with E-state index in [9.17, 15) is 0 Å². The molecule has 2 heterocycles. The highest BCUT2D eigenvalue weighted by atomic mass is 15.3. The Hall–Kier alpha value is -2.11. The molecule has 0 radical (unpaired) electrons. The molecule has 0 bridgehead atoms. The first-order valence-corrected chi connectivity index (χ1v) is 6.09. The summed E-state index contributed by atoms with van der Waals surface area (Å²) in [6.07, 6.45) is 4.54. The Bertz CT molecular complexity index is 457. The van der Waals surface area contributed by atoms with Gasteiger partial charge in [-0.05, 0) is 6.07 Å². The van der Waals surface area contributed by atoms with Gasteiger partial charge in [-0.25, -0.2) is 9.97 Å². The van der Waals surface area contributed by atoms with Crippen LogP contribution in [0.1, 0.15) is 12.7 Å². The highest BCUT2D eigenvalue weighted by Gasteiger charge is 2.01. The van der Waals surface area contributed by atoms with Crippen LogP contribution < -0.4 is 10.6 Å². The minimum absolute atomic E-state index is 0.783. The molecule has 6 heteroatoms. The first-order chi connectivity index (χ1) is 8.81. The van der Waals surface area contributed by atoms with Gasteiger partial charge in [-0.2, -0.15) is 5.10 Å². The van der Waals surface area contributed by atoms with Crippen molar-refractivity contribution in [2.24, 2.45) is 0 Å². The van der Waals surface area contributed by atoms with Crippen LogP contribution in [0.3, 0.4) is 0 Å². The molecule has 2 aromatic heterocycles. The third kappa shape index (κ3) is 3.19. The molecule has 0 spiro atoms. The summed E-state index contributed by atoms with van der Waals surface area (Å²) in [5, 5.41) is 10.5. The zero-order valence-electron chi connectivity index (χ0n) is 10.7. The molecular formula is C12H18N6. The molecule has 0 saturated heterocycles. The average Bonchev–Trinajstić information content (AvgIpc) is 2.91. The summed E-state index contributed by atoms with van der Waals surface area (Å²) in [6.45, 7) is 3.64. The van der Waals surface area contributed by atoms with E-state index in [0.717, 1.165) is 37.0 Å². The Morgan fingerprint density at radius 2 is 2.11 bits per heavy atom. The molecule has 0 atom stereocenters. The van der Waals surface area contributed by atoms with Crippen molar-refractivity contribution in [2.75, 3.05) is 24.2 Å². The van der Waals surface area contributed by atoms with Crippen molar-refractivity contribution < 1.29 is 0 Å². The lowest BCUT2D eigenvalue weighted by Gasteiger charge is -2.09. The summed E-state index contributed by atoms with van der Waals surface area (Å²) < 4.78 is 1.88. The monoisotopic (exact) mass is 246 g/mol. The summed E-state index contributed by atoms with van der Waals surface area (Å²) in [7, 11) is 1.86. The SMILES string of the molecule is CCc1nc(NC)cc(NCCn2cccn2)n1. The van der Waals surface area contributed by atoms with Crippen molar-refractivity contribution in [3.8, 4) is 0 Å². The Balaban J connectivity index is 1.95. The van der Waals surface area contributed by atoms with E-state index in [-0.39, 0.29) is 0 Å². The zero-order chi connectivity index (χ0) is 12.8. The van der Waals surface area contributed by atoms with E-state index in [1.807, 2.05) is 37.0 Å². The smallest absolute Gasteiger partial charge is 0.132 e. The van der Waals surface area contributed by atoms with Gasteiger partial charge in [0.15, 0.2) is 0 Å². The van der Waals surface area contributed by atoms with Crippen LogP contribution in [0.25, 0.3) is 0 Å². The van der Waals surface area contributed by atoms with Gasteiger partial charge in [0.05, 0.1) is 6.54 Å². The van der Waals surface area contributed by atoms with E-state index in [1.165, 1.54) is 0 Å². The third-order valence-electron chi connectivity index (χ3n) is 2.55. The van der Waals surface area contributed by atoms with Crippen LogP contribution in [0.5, 0.6) is 0 Å². The van der Waals surface area contributed by atoms with Crippen molar-refractivity contribution in [2.45, 2.75) is 19.9 Å². The normalized spacial score (nSPS) is 10.3. The minimum Gasteiger partial charge on any atom is -0.373 e. The standard InChI is InChI=1S/C12H18N6/c1-3-10-16-11(13-2)9-12(17-10)14-6-8-18-7-4-5-15-18/h4-5,7,9H,3,6,8H2,1-2H3,(H2,13,14,16,17). The Morgan fingerprint density at radius 1 is 1.28 bits per heavy atom.